The molecule has 0 saturated carbocycles. The second-order valence-corrected chi connectivity index (χ2v) is 12.1. The minimum absolute atomic E-state index is 0.270. The number of methoxy groups -OCH3 is 2. The minimum Gasteiger partial charge on any atom is -0.493 e. The van der Waals surface area contributed by atoms with Gasteiger partial charge in [-0.3, -0.25) is 0 Å². The Balaban J connectivity index is 1.37. The molecular weight excluding hydrogens is 608 g/mol. The predicted octanol–water partition coefficient (Wildman–Crippen LogP) is 6.82. The standard InChI is InChI=1S/C37H46N6O5/c1-25-12-13-30(28(4)22-25)43(37(44)48-34-26(2)10-8-11-27(34)3)33-14-15-38-36(40-33)39-29-23-31(45-6)35(32(24-29)46-7)47-21-9-16-42-19-17-41(5)18-20-42/h8,10-15,22-24H,9,16-21H2,1-7H3,(H,38,39,40). The van der Waals surface area contributed by atoms with Crippen LogP contribution in [0.3, 0.4) is 0 Å². The lowest BCUT2D eigenvalue weighted by atomic mass is 10.1. The van der Waals surface area contributed by atoms with Crippen LogP contribution < -0.4 is 29.2 Å². The smallest absolute Gasteiger partial charge is 0.425 e. The Bertz CT molecular complexity index is 1680. The van der Waals surface area contributed by atoms with Crippen molar-refractivity contribution < 1.29 is 23.7 Å². The van der Waals surface area contributed by atoms with E-state index in [4.69, 9.17) is 23.9 Å². The molecule has 1 amide bonds. The number of ether oxygens (including phenoxy) is 4. The lowest BCUT2D eigenvalue weighted by Crippen LogP contribution is -2.44. The fourth-order valence-corrected chi connectivity index (χ4v) is 5.76. The van der Waals surface area contributed by atoms with Crippen molar-refractivity contribution in [2.45, 2.75) is 34.1 Å². The van der Waals surface area contributed by atoms with E-state index in [9.17, 15) is 4.79 Å². The number of likely N-dealkylation sites (N-methyl/N-ethyl adjacent to an activating group) is 1. The molecule has 254 valence electrons. The van der Waals surface area contributed by atoms with Crippen LogP contribution in [0.2, 0.25) is 0 Å². The maximum atomic E-state index is 13.9. The molecule has 0 unspecified atom stereocenters. The van der Waals surface area contributed by atoms with Gasteiger partial charge in [0.2, 0.25) is 11.7 Å². The quantitative estimate of drug-likeness (QED) is 0.164. The van der Waals surface area contributed by atoms with Crippen LogP contribution in [-0.4, -0.2) is 86.5 Å². The summed E-state index contributed by atoms with van der Waals surface area (Å²) in [5, 5.41) is 3.24. The van der Waals surface area contributed by atoms with E-state index in [-0.39, 0.29) is 5.95 Å². The van der Waals surface area contributed by atoms with E-state index in [0.29, 0.717) is 46.8 Å². The SMILES string of the molecule is COc1cc(Nc2nccc(N(C(=O)Oc3c(C)cccc3C)c3ccc(C)cc3C)n2)cc(OC)c1OCCCN1CCN(C)CC1. The number of aryl methyl sites for hydroxylation is 4. The molecule has 4 aromatic rings. The number of nitrogens with zero attached hydrogens (tertiary/aromatic N) is 5. The Morgan fingerprint density at radius 1 is 0.875 bits per heavy atom. The lowest BCUT2D eigenvalue weighted by Gasteiger charge is -2.32. The van der Waals surface area contributed by atoms with Gasteiger partial charge < -0.3 is 34.1 Å². The average Bonchev–Trinajstić information content (AvgIpc) is 3.07. The highest BCUT2D eigenvalue weighted by Crippen LogP contribution is 2.41. The number of nitrogens with one attached hydrogen (secondary N) is 1. The third-order valence-electron chi connectivity index (χ3n) is 8.42. The maximum absolute atomic E-state index is 13.9. The van der Waals surface area contributed by atoms with Crippen molar-refractivity contribution in [2.24, 2.45) is 0 Å². The van der Waals surface area contributed by atoms with Gasteiger partial charge in [0.05, 0.1) is 26.5 Å². The fourth-order valence-electron chi connectivity index (χ4n) is 5.76. The summed E-state index contributed by atoms with van der Waals surface area (Å²) in [6.07, 6.45) is 1.90. The zero-order chi connectivity index (χ0) is 34.2. The highest BCUT2D eigenvalue weighted by Gasteiger charge is 2.25. The Hall–Kier alpha value is -4.87. The van der Waals surface area contributed by atoms with Crippen LogP contribution in [0.15, 0.2) is 60.8 Å². The summed E-state index contributed by atoms with van der Waals surface area (Å²) in [5.41, 5.74) is 4.98. The number of anilines is 4. The summed E-state index contributed by atoms with van der Waals surface area (Å²) in [5.74, 6) is 2.70. The number of benzene rings is 3. The highest BCUT2D eigenvalue weighted by atomic mass is 16.6. The molecule has 5 rings (SSSR count). The zero-order valence-corrected chi connectivity index (χ0v) is 29.0. The molecular formula is C37H46N6O5. The molecule has 0 spiro atoms. The molecule has 1 aromatic heterocycles. The molecule has 1 N–H and O–H groups in total. The van der Waals surface area contributed by atoms with E-state index in [1.54, 1.807) is 26.5 Å². The number of hydrogen-bond acceptors (Lipinski definition) is 10. The van der Waals surface area contributed by atoms with Gasteiger partial charge in [0.15, 0.2) is 11.5 Å². The van der Waals surface area contributed by atoms with Crippen LogP contribution in [0, 0.1) is 27.7 Å². The van der Waals surface area contributed by atoms with Gasteiger partial charge in [0.25, 0.3) is 0 Å². The number of piperazine rings is 1. The van der Waals surface area contributed by atoms with Gasteiger partial charge in [0, 0.05) is 62.8 Å². The summed E-state index contributed by atoms with van der Waals surface area (Å²) in [6, 6.07) is 16.9. The molecule has 3 aromatic carbocycles. The van der Waals surface area contributed by atoms with Crippen molar-refractivity contribution in [3.05, 3.63) is 83.0 Å². The molecule has 1 aliphatic heterocycles. The van der Waals surface area contributed by atoms with Crippen LogP contribution in [0.1, 0.15) is 28.7 Å². The third-order valence-corrected chi connectivity index (χ3v) is 8.42. The molecule has 11 heteroatoms. The monoisotopic (exact) mass is 654 g/mol. The van der Waals surface area contributed by atoms with Crippen LogP contribution in [0.5, 0.6) is 23.0 Å². The summed E-state index contributed by atoms with van der Waals surface area (Å²) in [7, 11) is 5.35. The number of carbonyl (C=O) groups is 1. The van der Waals surface area contributed by atoms with Crippen molar-refractivity contribution in [3.8, 4) is 23.0 Å². The van der Waals surface area contributed by atoms with Gasteiger partial charge in [-0.25, -0.2) is 14.7 Å². The Morgan fingerprint density at radius 2 is 1.56 bits per heavy atom. The molecule has 0 atom stereocenters. The Morgan fingerprint density at radius 3 is 2.21 bits per heavy atom. The van der Waals surface area contributed by atoms with Crippen LogP contribution in [0.4, 0.5) is 27.9 Å². The average molecular weight is 655 g/mol. The first-order valence-corrected chi connectivity index (χ1v) is 16.2. The van der Waals surface area contributed by atoms with E-state index in [0.717, 1.165) is 61.4 Å². The summed E-state index contributed by atoms with van der Waals surface area (Å²) >= 11 is 0. The van der Waals surface area contributed by atoms with Gasteiger partial charge >= 0.3 is 6.09 Å². The molecule has 2 heterocycles. The van der Waals surface area contributed by atoms with E-state index in [1.807, 2.05) is 76.2 Å². The Kier molecular flexibility index (Phi) is 11.4. The number of para-hydroxylation sites is 1. The first-order valence-electron chi connectivity index (χ1n) is 16.2. The minimum atomic E-state index is -0.582. The number of amides is 1. The number of aromatic nitrogens is 2. The molecule has 48 heavy (non-hydrogen) atoms. The van der Waals surface area contributed by atoms with Crippen molar-refractivity contribution in [2.75, 3.05) is 70.8 Å². The molecule has 0 bridgehead atoms. The van der Waals surface area contributed by atoms with E-state index in [2.05, 4.69) is 27.1 Å². The van der Waals surface area contributed by atoms with Crippen LogP contribution >= 0.6 is 0 Å². The zero-order valence-electron chi connectivity index (χ0n) is 29.0. The topological polar surface area (TPSA) is 102 Å². The molecule has 1 aliphatic rings. The summed E-state index contributed by atoms with van der Waals surface area (Å²) in [4.78, 5) is 29.4. The maximum Gasteiger partial charge on any atom is 0.425 e. The third kappa shape index (κ3) is 8.34. The number of carbonyl (C=O) groups excluding carboxylic acids is 1. The largest absolute Gasteiger partial charge is 0.493 e. The van der Waals surface area contributed by atoms with Crippen molar-refractivity contribution in [1.29, 1.82) is 0 Å². The molecule has 1 saturated heterocycles. The second kappa shape index (κ2) is 15.8. The fraction of sp³-hybridized carbons (Fsp3) is 0.378. The molecule has 0 aliphatic carbocycles. The van der Waals surface area contributed by atoms with Crippen molar-refractivity contribution >= 4 is 29.2 Å². The molecule has 11 nitrogen and oxygen atoms in total. The molecule has 0 radical (unpaired) electrons. The second-order valence-electron chi connectivity index (χ2n) is 12.1. The van der Waals surface area contributed by atoms with Gasteiger partial charge in [-0.15, -0.1) is 0 Å². The van der Waals surface area contributed by atoms with Crippen molar-refractivity contribution in [1.82, 2.24) is 19.8 Å². The highest BCUT2D eigenvalue weighted by molar-refractivity contribution is 5.97. The van der Waals surface area contributed by atoms with Crippen molar-refractivity contribution in [3.63, 3.8) is 0 Å². The van der Waals surface area contributed by atoms with E-state index < -0.39 is 6.09 Å². The van der Waals surface area contributed by atoms with Gasteiger partial charge in [-0.05, 0) is 63.9 Å². The van der Waals surface area contributed by atoms with E-state index >= 15 is 0 Å². The number of rotatable bonds is 12. The van der Waals surface area contributed by atoms with Gasteiger partial charge in [0.1, 0.15) is 11.6 Å². The predicted molar refractivity (Wildman–Crippen MR) is 189 cm³/mol. The Labute approximate surface area is 283 Å². The summed E-state index contributed by atoms with van der Waals surface area (Å²) < 4.78 is 23.6. The summed E-state index contributed by atoms with van der Waals surface area (Å²) in [6.45, 7) is 13.6. The normalized spacial score (nSPS) is 13.6. The first-order chi connectivity index (χ1) is 23.2. The lowest BCUT2D eigenvalue weighted by molar-refractivity contribution is 0.144. The van der Waals surface area contributed by atoms with E-state index in [1.165, 1.54) is 4.90 Å². The van der Waals surface area contributed by atoms with Gasteiger partial charge in [-0.2, -0.15) is 4.98 Å². The van der Waals surface area contributed by atoms with Crippen LogP contribution in [-0.2, 0) is 0 Å². The first kappa shape index (κ1) is 34.5. The van der Waals surface area contributed by atoms with Crippen LogP contribution in [0.25, 0.3) is 0 Å². The number of hydrogen-bond donors (Lipinski definition) is 1. The molecule has 1 fully saturated rings. The van der Waals surface area contributed by atoms with Gasteiger partial charge in [-0.1, -0.05) is 35.9 Å².